The molecule has 3 aromatic rings. The Labute approximate surface area is 141 Å². The Balaban J connectivity index is 1.68. The maximum absolute atomic E-state index is 12.2. The van der Waals surface area contributed by atoms with E-state index in [4.69, 9.17) is 9.15 Å². The first-order valence-electron chi connectivity index (χ1n) is 6.92. The Morgan fingerprint density at radius 1 is 1.12 bits per heavy atom. The number of aromatic nitrogens is 1. The van der Waals surface area contributed by atoms with Crippen molar-refractivity contribution in [3.05, 3.63) is 58.6 Å². The number of benzene rings is 1. The summed E-state index contributed by atoms with van der Waals surface area (Å²) >= 11 is 1.29. The highest BCUT2D eigenvalue weighted by Crippen LogP contribution is 2.23. The van der Waals surface area contributed by atoms with Crippen LogP contribution in [0.4, 0.5) is 11.7 Å². The van der Waals surface area contributed by atoms with Gasteiger partial charge in [-0.05, 0) is 23.6 Å². The number of rotatable bonds is 5. The van der Waals surface area contributed by atoms with Crippen LogP contribution in [0.2, 0.25) is 0 Å². The number of ether oxygens (including phenoxy) is 1. The predicted molar refractivity (Wildman–Crippen MR) is 89.7 cm³/mol. The van der Waals surface area contributed by atoms with Crippen LogP contribution in [0.5, 0.6) is 5.75 Å². The fourth-order valence-electron chi connectivity index (χ4n) is 1.94. The molecule has 3 rings (SSSR count). The topological polar surface area (TPSA) is 93.5 Å². The maximum atomic E-state index is 12.2. The largest absolute Gasteiger partial charge is 0.495 e. The Hall–Kier alpha value is -3.13. The van der Waals surface area contributed by atoms with Gasteiger partial charge in [0, 0.05) is 0 Å². The molecule has 0 aliphatic heterocycles. The van der Waals surface area contributed by atoms with E-state index >= 15 is 0 Å². The number of nitrogens with one attached hydrogen (secondary N) is 2. The molecule has 0 aliphatic carbocycles. The summed E-state index contributed by atoms with van der Waals surface area (Å²) in [6.07, 6.45) is 1.18. The molecule has 0 fully saturated rings. The smallest absolute Gasteiger partial charge is 0.302 e. The van der Waals surface area contributed by atoms with Crippen LogP contribution < -0.4 is 15.4 Å². The summed E-state index contributed by atoms with van der Waals surface area (Å²) in [7, 11) is 1.51. The van der Waals surface area contributed by atoms with Crippen LogP contribution in [0.25, 0.3) is 0 Å². The minimum Gasteiger partial charge on any atom is -0.495 e. The number of thiophene rings is 1. The second kappa shape index (κ2) is 6.97. The highest BCUT2D eigenvalue weighted by molar-refractivity contribution is 7.12. The molecule has 2 heterocycles. The van der Waals surface area contributed by atoms with Gasteiger partial charge < -0.3 is 14.5 Å². The average molecular weight is 343 g/mol. The first-order chi connectivity index (χ1) is 11.7. The van der Waals surface area contributed by atoms with E-state index in [0.29, 0.717) is 16.3 Å². The van der Waals surface area contributed by atoms with E-state index in [0.717, 1.165) is 0 Å². The number of amides is 2. The molecule has 0 radical (unpaired) electrons. The lowest BCUT2D eigenvalue weighted by atomic mass is 10.3. The van der Waals surface area contributed by atoms with Crippen LogP contribution in [-0.2, 0) is 0 Å². The van der Waals surface area contributed by atoms with Crippen molar-refractivity contribution in [2.75, 3.05) is 17.7 Å². The second-order valence-corrected chi connectivity index (χ2v) is 5.57. The summed E-state index contributed by atoms with van der Waals surface area (Å²) in [6.45, 7) is 0. The van der Waals surface area contributed by atoms with Gasteiger partial charge in [-0.15, -0.1) is 11.3 Å². The molecule has 8 heteroatoms. The number of carbonyl (C=O) groups is 2. The van der Waals surface area contributed by atoms with Gasteiger partial charge in [-0.2, -0.15) is 4.98 Å². The second-order valence-electron chi connectivity index (χ2n) is 4.62. The van der Waals surface area contributed by atoms with E-state index in [9.17, 15) is 9.59 Å². The summed E-state index contributed by atoms with van der Waals surface area (Å²) in [6, 6.07) is 10.4. The van der Waals surface area contributed by atoms with Gasteiger partial charge in [0.25, 0.3) is 11.8 Å². The summed E-state index contributed by atoms with van der Waals surface area (Å²) in [5, 5.41) is 6.96. The molecular weight excluding hydrogens is 330 g/mol. The maximum Gasteiger partial charge on any atom is 0.302 e. The van der Waals surface area contributed by atoms with Gasteiger partial charge in [0.15, 0.2) is 5.69 Å². The van der Waals surface area contributed by atoms with E-state index < -0.39 is 5.91 Å². The molecule has 2 N–H and O–H groups in total. The third-order valence-corrected chi connectivity index (χ3v) is 3.93. The van der Waals surface area contributed by atoms with Gasteiger partial charge in [0.1, 0.15) is 12.0 Å². The highest BCUT2D eigenvalue weighted by Gasteiger charge is 2.16. The molecule has 2 amide bonds. The van der Waals surface area contributed by atoms with Gasteiger partial charge in [0.2, 0.25) is 0 Å². The Bertz CT molecular complexity index is 858. The van der Waals surface area contributed by atoms with Crippen molar-refractivity contribution in [1.82, 2.24) is 4.98 Å². The SMILES string of the molecule is COc1ccccc1NC(=O)c1coc(NC(=O)c2cccs2)n1. The van der Waals surface area contributed by atoms with Crippen LogP contribution in [-0.4, -0.2) is 23.9 Å². The summed E-state index contributed by atoms with van der Waals surface area (Å²) in [5.74, 6) is -0.288. The minimum atomic E-state index is -0.472. The zero-order valence-corrected chi connectivity index (χ0v) is 13.4. The zero-order valence-electron chi connectivity index (χ0n) is 12.6. The number of anilines is 2. The van der Waals surface area contributed by atoms with Gasteiger partial charge in [-0.3, -0.25) is 14.9 Å². The van der Waals surface area contributed by atoms with Gasteiger partial charge >= 0.3 is 6.01 Å². The third kappa shape index (κ3) is 3.44. The number of para-hydroxylation sites is 2. The van der Waals surface area contributed by atoms with Crippen molar-refractivity contribution in [3.8, 4) is 5.75 Å². The molecule has 0 unspecified atom stereocenters. The van der Waals surface area contributed by atoms with Crippen molar-refractivity contribution in [2.45, 2.75) is 0 Å². The quantitative estimate of drug-likeness (QED) is 0.742. The molecule has 0 spiro atoms. The van der Waals surface area contributed by atoms with Gasteiger partial charge in [-0.1, -0.05) is 18.2 Å². The van der Waals surface area contributed by atoms with Gasteiger partial charge in [0.05, 0.1) is 17.7 Å². The van der Waals surface area contributed by atoms with Gasteiger partial charge in [-0.25, -0.2) is 0 Å². The highest BCUT2D eigenvalue weighted by atomic mass is 32.1. The lowest BCUT2D eigenvalue weighted by molar-refractivity contribution is 0.101. The summed E-state index contributed by atoms with van der Waals surface area (Å²) < 4.78 is 10.3. The minimum absolute atomic E-state index is 0.0430. The summed E-state index contributed by atoms with van der Waals surface area (Å²) in [5.41, 5.74) is 0.555. The van der Waals surface area contributed by atoms with E-state index in [1.807, 2.05) is 0 Å². The molecular formula is C16H13N3O4S. The molecule has 0 saturated carbocycles. The monoisotopic (exact) mass is 343 g/mol. The molecule has 0 saturated heterocycles. The predicted octanol–water partition coefficient (Wildman–Crippen LogP) is 3.25. The van der Waals surface area contributed by atoms with Crippen molar-refractivity contribution in [2.24, 2.45) is 0 Å². The van der Waals surface area contributed by atoms with Crippen LogP contribution in [0.15, 0.2) is 52.5 Å². The van der Waals surface area contributed by atoms with Crippen LogP contribution >= 0.6 is 11.3 Å². The standard InChI is InChI=1S/C16H13N3O4S/c1-22-12-6-3-2-5-10(12)17-14(20)11-9-23-16(18-11)19-15(21)13-7-4-8-24-13/h2-9H,1H3,(H,17,20)(H,18,19,21). The zero-order chi connectivity index (χ0) is 16.9. The molecule has 24 heavy (non-hydrogen) atoms. The lowest BCUT2D eigenvalue weighted by Gasteiger charge is -2.08. The molecule has 122 valence electrons. The molecule has 7 nitrogen and oxygen atoms in total. The average Bonchev–Trinajstić information content (AvgIpc) is 3.27. The fourth-order valence-corrected chi connectivity index (χ4v) is 2.56. The Morgan fingerprint density at radius 2 is 1.96 bits per heavy atom. The first-order valence-corrected chi connectivity index (χ1v) is 7.80. The Morgan fingerprint density at radius 3 is 2.71 bits per heavy atom. The lowest BCUT2D eigenvalue weighted by Crippen LogP contribution is -2.14. The molecule has 0 bridgehead atoms. The number of oxazole rings is 1. The van der Waals surface area contributed by atoms with E-state index in [1.165, 1.54) is 24.7 Å². The van der Waals surface area contributed by atoms with E-state index in [1.54, 1.807) is 41.8 Å². The number of hydrogen-bond acceptors (Lipinski definition) is 6. The number of hydrogen-bond donors (Lipinski definition) is 2. The third-order valence-electron chi connectivity index (χ3n) is 3.06. The normalized spacial score (nSPS) is 10.2. The van der Waals surface area contributed by atoms with Crippen molar-refractivity contribution in [1.29, 1.82) is 0 Å². The number of carbonyl (C=O) groups excluding carboxylic acids is 2. The fraction of sp³-hybridized carbons (Fsp3) is 0.0625. The molecule has 1 aromatic carbocycles. The first kappa shape index (κ1) is 15.8. The summed E-state index contributed by atoms with van der Waals surface area (Å²) in [4.78, 5) is 28.6. The number of nitrogens with zero attached hydrogens (tertiary/aromatic N) is 1. The van der Waals surface area contributed by atoms with Crippen molar-refractivity contribution >= 4 is 34.9 Å². The van der Waals surface area contributed by atoms with E-state index in [-0.39, 0.29) is 17.6 Å². The van der Waals surface area contributed by atoms with Crippen LogP contribution in [0, 0.1) is 0 Å². The van der Waals surface area contributed by atoms with Crippen molar-refractivity contribution in [3.63, 3.8) is 0 Å². The number of methoxy groups -OCH3 is 1. The van der Waals surface area contributed by atoms with E-state index in [2.05, 4.69) is 15.6 Å². The molecule has 0 aliphatic rings. The van der Waals surface area contributed by atoms with Crippen LogP contribution in [0.1, 0.15) is 20.2 Å². The molecule has 2 aromatic heterocycles. The van der Waals surface area contributed by atoms with Crippen LogP contribution in [0.3, 0.4) is 0 Å². The van der Waals surface area contributed by atoms with Crippen molar-refractivity contribution < 1.29 is 18.7 Å². The molecule has 0 atom stereocenters. The Kier molecular flexibility index (Phi) is 4.57.